The van der Waals surface area contributed by atoms with Crippen molar-refractivity contribution in [2.75, 3.05) is 16.8 Å². The molecule has 0 unspecified atom stereocenters. The second-order valence-electron chi connectivity index (χ2n) is 6.44. The van der Waals surface area contributed by atoms with Gasteiger partial charge in [-0.15, -0.1) is 0 Å². The Kier molecular flexibility index (Phi) is 3.70. The van der Waals surface area contributed by atoms with Gasteiger partial charge in [-0.1, -0.05) is 17.7 Å². The van der Waals surface area contributed by atoms with E-state index in [9.17, 15) is 10.5 Å². The second-order valence-corrected chi connectivity index (χ2v) is 6.44. The molecule has 0 aromatic heterocycles. The second kappa shape index (κ2) is 5.58. The van der Waals surface area contributed by atoms with Crippen LogP contribution in [0.25, 0.3) is 0 Å². The van der Waals surface area contributed by atoms with E-state index in [1.807, 2.05) is 13.1 Å². The first-order valence-electron chi connectivity index (χ1n) is 7.97. The molecule has 0 spiro atoms. The summed E-state index contributed by atoms with van der Waals surface area (Å²) >= 11 is 0. The number of hydrogen-bond acceptors (Lipinski definition) is 4. The molecule has 1 heterocycles. The highest BCUT2D eigenvalue weighted by molar-refractivity contribution is 5.90. The van der Waals surface area contributed by atoms with Crippen molar-refractivity contribution >= 4 is 17.1 Å². The molecule has 0 bridgehead atoms. The molecule has 120 valence electrons. The lowest BCUT2D eigenvalue weighted by Crippen LogP contribution is -2.36. The van der Waals surface area contributed by atoms with E-state index in [-0.39, 0.29) is 6.17 Å². The lowest BCUT2D eigenvalue weighted by atomic mass is 10.0. The van der Waals surface area contributed by atoms with Crippen molar-refractivity contribution in [2.24, 2.45) is 0 Å². The van der Waals surface area contributed by atoms with Crippen LogP contribution in [0.1, 0.15) is 34.7 Å². The Morgan fingerprint density at radius 2 is 1.58 bits per heavy atom. The zero-order chi connectivity index (χ0) is 17.6. The molecule has 0 saturated carbocycles. The number of nitriles is 2. The molecule has 0 amide bonds. The Morgan fingerprint density at radius 1 is 0.958 bits per heavy atom. The summed E-state index contributed by atoms with van der Waals surface area (Å²) in [5.74, 6) is 0. The molecular weight excluding hydrogens is 296 g/mol. The fourth-order valence-electron chi connectivity index (χ4n) is 3.73. The standard InChI is InChI=1S/C20H20N4/c1-12-8-13(2)19(14(3)9-12)24-15(4)23(5)18-7-6-16(10-21)17(11-22)20(18)24/h6-9,15H,1-5H3/t15-/m0/s1. The predicted molar refractivity (Wildman–Crippen MR) is 96.5 cm³/mol. The van der Waals surface area contributed by atoms with Crippen LogP contribution in [0, 0.1) is 43.4 Å². The van der Waals surface area contributed by atoms with Gasteiger partial charge in [0.05, 0.1) is 22.5 Å². The van der Waals surface area contributed by atoms with E-state index >= 15 is 0 Å². The number of benzene rings is 2. The van der Waals surface area contributed by atoms with Crippen molar-refractivity contribution in [3.8, 4) is 12.1 Å². The van der Waals surface area contributed by atoms with Gasteiger partial charge in [-0.05, 0) is 51.0 Å². The van der Waals surface area contributed by atoms with Crippen LogP contribution in [0.5, 0.6) is 0 Å². The molecule has 2 aromatic rings. The molecule has 1 atom stereocenters. The summed E-state index contributed by atoms with van der Waals surface area (Å²) in [6.07, 6.45) is 0.0705. The number of hydrogen-bond donors (Lipinski definition) is 0. The average Bonchev–Trinajstić information content (AvgIpc) is 2.78. The molecule has 1 aliphatic rings. The van der Waals surface area contributed by atoms with Crippen LogP contribution in [0.15, 0.2) is 24.3 Å². The first-order chi connectivity index (χ1) is 11.4. The fourth-order valence-corrected chi connectivity index (χ4v) is 3.73. The molecule has 2 aromatic carbocycles. The van der Waals surface area contributed by atoms with Gasteiger partial charge in [0, 0.05) is 12.7 Å². The van der Waals surface area contributed by atoms with Gasteiger partial charge in [-0.3, -0.25) is 0 Å². The van der Waals surface area contributed by atoms with E-state index in [0.29, 0.717) is 11.1 Å². The van der Waals surface area contributed by atoms with Crippen molar-refractivity contribution in [1.82, 2.24) is 0 Å². The predicted octanol–water partition coefficient (Wildman–Crippen LogP) is 4.29. The highest BCUT2D eigenvalue weighted by Gasteiger charge is 2.36. The highest BCUT2D eigenvalue weighted by Crippen LogP contribution is 2.48. The van der Waals surface area contributed by atoms with Crippen molar-refractivity contribution in [2.45, 2.75) is 33.9 Å². The third kappa shape index (κ3) is 2.12. The quantitative estimate of drug-likeness (QED) is 0.787. The van der Waals surface area contributed by atoms with E-state index in [4.69, 9.17) is 0 Å². The van der Waals surface area contributed by atoms with E-state index in [1.54, 1.807) is 6.07 Å². The Morgan fingerprint density at radius 3 is 2.12 bits per heavy atom. The SMILES string of the molecule is Cc1cc(C)c(N2c3c(ccc(C#N)c3C#N)N(C)[C@@H]2C)c(C)c1. The molecule has 0 aliphatic carbocycles. The van der Waals surface area contributed by atoms with Gasteiger partial charge in [0.25, 0.3) is 0 Å². The van der Waals surface area contributed by atoms with Crippen molar-refractivity contribution in [3.05, 3.63) is 52.1 Å². The third-order valence-electron chi connectivity index (χ3n) is 4.82. The van der Waals surface area contributed by atoms with Crippen molar-refractivity contribution < 1.29 is 0 Å². The Bertz CT molecular complexity index is 891. The van der Waals surface area contributed by atoms with Gasteiger partial charge >= 0.3 is 0 Å². The number of aryl methyl sites for hydroxylation is 3. The average molecular weight is 316 g/mol. The normalized spacial score (nSPS) is 15.9. The molecule has 3 rings (SSSR count). The van der Waals surface area contributed by atoms with E-state index in [0.717, 1.165) is 17.1 Å². The summed E-state index contributed by atoms with van der Waals surface area (Å²) in [5.41, 5.74) is 7.38. The first kappa shape index (κ1) is 15.9. The lowest BCUT2D eigenvalue weighted by Gasteiger charge is -2.31. The number of rotatable bonds is 1. The summed E-state index contributed by atoms with van der Waals surface area (Å²) in [6, 6.07) is 12.4. The molecule has 4 nitrogen and oxygen atoms in total. The molecule has 0 saturated heterocycles. The van der Waals surface area contributed by atoms with Crippen LogP contribution in [0.3, 0.4) is 0 Å². The maximum absolute atomic E-state index is 9.69. The zero-order valence-corrected chi connectivity index (χ0v) is 14.7. The van der Waals surface area contributed by atoms with E-state index in [1.165, 1.54) is 16.7 Å². The zero-order valence-electron chi connectivity index (χ0n) is 14.7. The topological polar surface area (TPSA) is 54.1 Å². The first-order valence-corrected chi connectivity index (χ1v) is 7.97. The molecule has 4 heteroatoms. The number of anilines is 3. The van der Waals surface area contributed by atoms with Crippen molar-refractivity contribution in [1.29, 1.82) is 10.5 Å². The minimum atomic E-state index is 0.0705. The Balaban J connectivity index is 2.35. The van der Waals surface area contributed by atoms with Gasteiger partial charge in [-0.2, -0.15) is 10.5 Å². The summed E-state index contributed by atoms with van der Waals surface area (Å²) < 4.78 is 0. The van der Waals surface area contributed by atoms with E-state index in [2.05, 4.69) is 61.8 Å². The monoisotopic (exact) mass is 316 g/mol. The smallest absolute Gasteiger partial charge is 0.103 e. The Labute approximate surface area is 143 Å². The van der Waals surface area contributed by atoms with Gasteiger partial charge < -0.3 is 9.80 Å². The lowest BCUT2D eigenvalue weighted by molar-refractivity contribution is 0.730. The molecule has 0 N–H and O–H groups in total. The van der Waals surface area contributed by atoms with Crippen LogP contribution < -0.4 is 9.80 Å². The fraction of sp³-hybridized carbons (Fsp3) is 0.300. The Hall–Kier alpha value is -2.98. The van der Waals surface area contributed by atoms with Gasteiger partial charge in [-0.25, -0.2) is 0 Å². The van der Waals surface area contributed by atoms with Crippen LogP contribution in [0.2, 0.25) is 0 Å². The van der Waals surface area contributed by atoms with Crippen LogP contribution in [0.4, 0.5) is 17.1 Å². The summed E-state index contributed by atoms with van der Waals surface area (Å²) in [6.45, 7) is 8.40. The molecule has 1 aliphatic heterocycles. The molecular formula is C20H20N4. The molecule has 0 radical (unpaired) electrons. The van der Waals surface area contributed by atoms with Gasteiger partial charge in [0.2, 0.25) is 0 Å². The minimum absolute atomic E-state index is 0.0705. The van der Waals surface area contributed by atoms with Crippen LogP contribution in [-0.2, 0) is 0 Å². The van der Waals surface area contributed by atoms with Gasteiger partial charge in [0.15, 0.2) is 0 Å². The molecule has 0 fully saturated rings. The maximum Gasteiger partial charge on any atom is 0.103 e. The van der Waals surface area contributed by atoms with Crippen LogP contribution in [-0.4, -0.2) is 13.2 Å². The summed E-state index contributed by atoms with van der Waals surface area (Å²) in [4.78, 5) is 4.34. The largest absolute Gasteiger partial charge is 0.352 e. The number of fused-ring (bicyclic) bond motifs is 1. The minimum Gasteiger partial charge on any atom is -0.352 e. The van der Waals surface area contributed by atoms with Crippen molar-refractivity contribution in [3.63, 3.8) is 0 Å². The van der Waals surface area contributed by atoms with E-state index < -0.39 is 0 Å². The third-order valence-corrected chi connectivity index (χ3v) is 4.82. The summed E-state index contributed by atoms with van der Waals surface area (Å²) in [5, 5.41) is 19.1. The maximum atomic E-state index is 9.69. The summed E-state index contributed by atoms with van der Waals surface area (Å²) in [7, 11) is 2.02. The highest BCUT2D eigenvalue weighted by atomic mass is 15.4. The number of nitrogens with zero attached hydrogens (tertiary/aromatic N) is 4. The van der Waals surface area contributed by atoms with Crippen LogP contribution >= 0.6 is 0 Å². The molecule has 24 heavy (non-hydrogen) atoms. The van der Waals surface area contributed by atoms with Gasteiger partial charge in [0.1, 0.15) is 18.3 Å².